The molecule has 1 amide bonds. The first-order valence-electron chi connectivity index (χ1n) is 11.3. The van der Waals surface area contributed by atoms with Gasteiger partial charge in [0.25, 0.3) is 5.91 Å². The van der Waals surface area contributed by atoms with E-state index >= 15 is 0 Å². The third-order valence-corrected chi connectivity index (χ3v) is 6.74. The van der Waals surface area contributed by atoms with Crippen molar-refractivity contribution in [2.75, 3.05) is 18.4 Å². The third-order valence-electron chi connectivity index (χ3n) is 5.89. The van der Waals surface area contributed by atoms with Crippen molar-refractivity contribution < 1.29 is 4.79 Å². The topological polar surface area (TPSA) is 83.2 Å². The Morgan fingerprint density at radius 2 is 1.85 bits per heavy atom. The largest absolute Gasteiger partial charge is 0.362 e. The second kappa shape index (κ2) is 11.4. The Bertz CT molecular complexity index is 1160. The fourth-order valence-electron chi connectivity index (χ4n) is 4.11. The Morgan fingerprint density at radius 3 is 2.50 bits per heavy atom. The van der Waals surface area contributed by atoms with E-state index in [-0.39, 0.29) is 17.8 Å². The zero-order valence-corrected chi connectivity index (χ0v) is 19.7. The summed E-state index contributed by atoms with van der Waals surface area (Å²) in [4.78, 5) is 18.0. The molecule has 0 bridgehead atoms. The molecule has 4 rings (SSSR count). The van der Waals surface area contributed by atoms with Crippen molar-refractivity contribution >= 4 is 28.8 Å². The Kier molecular flexibility index (Phi) is 7.87. The molecular formula is C27H27N5OS. The highest BCUT2D eigenvalue weighted by molar-refractivity contribution is 7.12. The Morgan fingerprint density at radius 1 is 1.12 bits per heavy atom. The highest BCUT2D eigenvalue weighted by Gasteiger charge is 2.31. The van der Waals surface area contributed by atoms with Crippen LogP contribution in [0.15, 0.2) is 84.4 Å². The first-order chi connectivity index (χ1) is 16.6. The number of thiophene rings is 1. The number of hydrogen-bond acceptors (Lipinski definition) is 6. The summed E-state index contributed by atoms with van der Waals surface area (Å²) < 4.78 is 0. The van der Waals surface area contributed by atoms with Crippen molar-refractivity contribution in [3.63, 3.8) is 0 Å². The van der Waals surface area contributed by atoms with Gasteiger partial charge in [-0.3, -0.25) is 20.0 Å². The SMILES string of the molecule is N#Cc1ccc(N/C=C\C(=N)N(C(=O)c2cccs2)C2CCN(Cc3ccccc3)CC2)cc1. The van der Waals surface area contributed by atoms with Crippen molar-refractivity contribution in [2.24, 2.45) is 0 Å². The molecule has 0 unspecified atom stereocenters. The predicted octanol–water partition coefficient (Wildman–Crippen LogP) is 5.33. The number of likely N-dealkylation sites (tertiary alicyclic amines) is 1. The second-order valence-corrected chi connectivity index (χ2v) is 9.15. The number of carbonyl (C=O) groups is 1. The van der Waals surface area contributed by atoms with E-state index in [9.17, 15) is 4.79 Å². The van der Waals surface area contributed by atoms with E-state index in [1.54, 1.807) is 29.3 Å². The van der Waals surface area contributed by atoms with Gasteiger partial charge in [0.1, 0.15) is 5.84 Å². The van der Waals surface area contributed by atoms with Gasteiger partial charge in [0.15, 0.2) is 0 Å². The highest BCUT2D eigenvalue weighted by atomic mass is 32.1. The number of anilines is 1. The molecule has 0 atom stereocenters. The fraction of sp³-hybridized carbons (Fsp3) is 0.222. The maximum absolute atomic E-state index is 13.3. The van der Waals surface area contributed by atoms with E-state index in [0.29, 0.717) is 10.4 Å². The number of hydrogen-bond donors (Lipinski definition) is 2. The number of amides is 1. The Hall–Kier alpha value is -3.73. The average Bonchev–Trinajstić information content (AvgIpc) is 3.41. The summed E-state index contributed by atoms with van der Waals surface area (Å²) in [6.45, 7) is 2.67. The van der Waals surface area contributed by atoms with Crippen LogP contribution < -0.4 is 5.32 Å². The van der Waals surface area contributed by atoms with Gasteiger partial charge in [-0.1, -0.05) is 36.4 Å². The van der Waals surface area contributed by atoms with E-state index in [1.165, 1.54) is 16.9 Å². The number of nitriles is 1. The molecular weight excluding hydrogens is 442 g/mol. The molecule has 172 valence electrons. The summed E-state index contributed by atoms with van der Waals surface area (Å²) in [5.41, 5.74) is 2.69. The number of carbonyl (C=O) groups excluding carboxylic acids is 1. The third kappa shape index (κ3) is 5.98. The highest BCUT2D eigenvalue weighted by Crippen LogP contribution is 2.23. The molecule has 0 saturated carbocycles. The zero-order valence-electron chi connectivity index (χ0n) is 18.9. The lowest BCUT2D eigenvalue weighted by atomic mass is 10.0. The quantitative estimate of drug-likeness (QED) is 0.362. The number of rotatable bonds is 7. The van der Waals surface area contributed by atoms with E-state index in [4.69, 9.17) is 10.7 Å². The van der Waals surface area contributed by atoms with Crippen LogP contribution >= 0.6 is 11.3 Å². The van der Waals surface area contributed by atoms with E-state index in [0.717, 1.165) is 38.2 Å². The number of nitrogens with one attached hydrogen (secondary N) is 2. The molecule has 2 N–H and O–H groups in total. The van der Waals surface area contributed by atoms with Crippen molar-refractivity contribution in [3.05, 3.63) is 100 Å². The van der Waals surface area contributed by atoms with Gasteiger partial charge < -0.3 is 5.32 Å². The molecule has 1 fully saturated rings. The maximum atomic E-state index is 13.3. The summed E-state index contributed by atoms with van der Waals surface area (Å²) in [5, 5.41) is 22.6. The predicted molar refractivity (Wildman–Crippen MR) is 137 cm³/mol. The molecule has 2 heterocycles. The van der Waals surface area contributed by atoms with Crippen LogP contribution in [0.5, 0.6) is 0 Å². The summed E-state index contributed by atoms with van der Waals surface area (Å²) in [6, 6.07) is 23.3. The van der Waals surface area contributed by atoms with Gasteiger partial charge in [-0.15, -0.1) is 11.3 Å². The van der Waals surface area contributed by atoms with Crippen LogP contribution in [-0.4, -0.2) is 40.7 Å². The van der Waals surface area contributed by atoms with Crippen LogP contribution in [0.25, 0.3) is 0 Å². The molecule has 0 radical (unpaired) electrons. The van der Waals surface area contributed by atoms with Crippen molar-refractivity contribution in [2.45, 2.75) is 25.4 Å². The van der Waals surface area contributed by atoms with Crippen molar-refractivity contribution in [1.82, 2.24) is 9.80 Å². The van der Waals surface area contributed by atoms with Gasteiger partial charge in [-0.05, 0) is 60.2 Å². The summed E-state index contributed by atoms with van der Waals surface area (Å²) in [6.07, 6.45) is 4.94. The standard InChI is InChI=1S/C27H27N5OS/c28-19-21-8-10-23(11-9-21)30-15-12-26(29)32(27(33)25-7-4-18-34-25)24-13-16-31(17-14-24)20-22-5-2-1-3-6-22/h1-12,15,18,24,29-30H,13-14,16-17,20H2/b15-12-,29-26?. The minimum absolute atomic E-state index is 0.0197. The van der Waals surface area contributed by atoms with Crippen LogP contribution in [0, 0.1) is 16.7 Å². The molecule has 3 aromatic rings. The van der Waals surface area contributed by atoms with Crippen LogP contribution in [0.4, 0.5) is 5.69 Å². The van der Waals surface area contributed by atoms with Crippen molar-refractivity contribution in [1.29, 1.82) is 10.7 Å². The summed E-state index contributed by atoms with van der Waals surface area (Å²) in [5.74, 6) is 0.0468. The average molecular weight is 470 g/mol. The number of piperidine rings is 1. The molecule has 7 heteroatoms. The first-order valence-corrected chi connectivity index (χ1v) is 12.2. The monoisotopic (exact) mass is 469 g/mol. The van der Waals surface area contributed by atoms with Crippen LogP contribution in [0.2, 0.25) is 0 Å². The fourth-order valence-corrected chi connectivity index (χ4v) is 4.77. The molecule has 1 aromatic heterocycles. The normalized spacial score (nSPS) is 14.6. The Balaban J connectivity index is 1.42. The maximum Gasteiger partial charge on any atom is 0.269 e. The first kappa shape index (κ1) is 23.4. The number of amidine groups is 1. The van der Waals surface area contributed by atoms with Gasteiger partial charge in [-0.2, -0.15) is 5.26 Å². The van der Waals surface area contributed by atoms with Gasteiger partial charge in [0.05, 0.1) is 16.5 Å². The minimum Gasteiger partial charge on any atom is -0.362 e. The summed E-state index contributed by atoms with van der Waals surface area (Å²) in [7, 11) is 0. The van der Waals surface area contributed by atoms with Gasteiger partial charge in [0.2, 0.25) is 0 Å². The molecule has 2 aromatic carbocycles. The summed E-state index contributed by atoms with van der Waals surface area (Å²) >= 11 is 1.40. The lowest BCUT2D eigenvalue weighted by Gasteiger charge is -2.38. The molecule has 6 nitrogen and oxygen atoms in total. The van der Waals surface area contributed by atoms with E-state index < -0.39 is 0 Å². The van der Waals surface area contributed by atoms with Crippen LogP contribution in [0.1, 0.15) is 33.6 Å². The van der Waals surface area contributed by atoms with E-state index in [2.05, 4.69) is 40.6 Å². The molecule has 1 saturated heterocycles. The Labute approximate surface area is 204 Å². The van der Waals surface area contributed by atoms with E-state index in [1.807, 2.05) is 35.7 Å². The molecule has 0 aliphatic carbocycles. The van der Waals surface area contributed by atoms with Gasteiger partial charge in [0, 0.05) is 37.6 Å². The number of benzene rings is 2. The lowest BCUT2D eigenvalue weighted by molar-refractivity contribution is 0.0734. The van der Waals surface area contributed by atoms with Crippen LogP contribution in [-0.2, 0) is 6.54 Å². The van der Waals surface area contributed by atoms with Crippen molar-refractivity contribution in [3.8, 4) is 6.07 Å². The molecule has 0 spiro atoms. The minimum atomic E-state index is -0.121. The lowest BCUT2D eigenvalue weighted by Crippen LogP contribution is -2.49. The smallest absolute Gasteiger partial charge is 0.269 e. The molecule has 1 aliphatic rings. The zero-order chi connectivity index (χ0) is 23.8. The molecule has 1 aliphatic heterocycles. The van der Waals surface area contributed by atoms with Gasteiger partial charge in [-0.25, -0.2) is 0 Å². The molecule has 34 heavy (non-hydrogen) atoms. The van der Waals surface area contributed by atoms with Gasteiger partial charge >= 0.3 is 0 Å². The second-order valence-electron chi connectivity index (χ2n) is 8.20. The van der Waals surface area contributed by atoms with Crippen LogP contribution in [0.3, 0.4) is 0 Å². The number of nitrogens with zero attached hydrogens (tertiary/aromatic N) is 3.